The van der Waals surface area contributed by atoms with Crippen LogP contribution in [-0.4, -0.2) is 22.1 Å². The van der Waals surface area contributed by atoms with E-state index < -0.39 is 0 Å². The molecule has 1 saturated carbocycles. The Bertz CT molecular complexity index is 328. The molecule has 0 aliphatic heterocycles. The minimum absolute atomic E-state index is 0.104. The molecule has 0 saturated heterocycles. The van der Waals surface area contributed by atoms with Gasteiger partial charge in [-0.2, -0.15) is 16.7 Å². The molecule has 0 amide bonds. The van der Waals surface area contributed by atoms with Gasteiger partial charge in [0, 0.05) is 5.92 Å². The lowest BCUT2D eigenvalue weighted by Crippen LogP contribution is -2.11. The fourth-order valence-corrected chi connectivity index (χ4v) is 2.09. The van der Waals surface area contributed by atoms with E-state index in [1.54, 1.807) is 11.8 Å². The molecule has 3 atom stereocenters. The minimum atomic E-state index is -0.104. The lowest BCUT2D eigenvalue weighted by Gasteiger charge is -2.03. The van der Waals surface area contributed by atoms with Crippen molar-refractivity contribution in [1.82, 2.24) is 10.1 Å². The molecular formula is C10H17N3OS. The molecule has 15 heavy (non-hydrogen) atoms. The van der Waals surface area contributed by atoms with Crippen molar-refractivity contribution < 1.29 is 4.52 Å². The van der Waals surface area contributed by atoms with Crippen molar-refractivity contribution in [3.05, 3.63) is 11.7 Å². The molecular weight excluding hydrogens is 210 g/mol. The molecule has 2 N–H and O–H groups in total. The van der Waals surface area contributed by atoms with Crippen LogP contribution in [0.2, 0.25) is 0 Å². The predicted molar refractivity (Wildman–Crippen MR) is 60.7 cm³/mol. The topological polar surface area (TPSA) is 64.9 Å². The first kappa shape index (κ1) is 11.0. The highest BCUT2D eigenvalue weighted by Gasteiger charge is 2.38. The Morgan fingerprint density at radius 1 is 1.67 bits per heavy atom. The van der Waals surface area contributed by atoms with E-state index in [1.807, 2.05) is 0 Å². The number of hydrogen-bond acceptors (Lipinski definition) is 5. The fraction of sp³-hybridized carbons (Fsp3) is 0.800. The third kappa shape index (κ3) is 2.52. The molecule has 1 aromatic heterocycles. The number of rotatable bonds is 5. The summed E-state index contributed by atoms with van der Waals surface area (Å²) in [5, 5.41) is 3.98. The molecule has 1 heterocycles. The van der Waals surface area contributed by atoms with Crippen molar-refractivity contribution in [3.63, 3.8) is 0 Å². The van der Waals surface area contributed by atoms with Crippen LogP contribution < -0.4 is 5.73 Å². The van der Waals surface area contributed by atoms with E-state index >= 15 is 0 Å². The van der Waals surface area contributed by atoms with Gasteiger partial charge in [0.1, 0.15) is 0 Å². The van der Waals surface area contributed by atoms with Crippen molar-refractivity contribution in [1.29, 1.82) is 0 Å². The number of nitrogens with two attached hydrogens (primary N) is 1. The fourth-order valence-electron chi connectivity index (χ4n) is 1.60. The van der Waals surface area contributed by atoms with Gasteiger partial charge in [-0.05, 0) is 30.8 Å². The Kier molecular flexibility index (Phi) is 3.31. The highest BCUT2D eigenvalue weighted by atomic mass is 32.2. The van der Waals surface area contributed by atoms with Crippen LogP contribution in [0.25, 0.3) is 0 Å². The van der Waals surface area contributed by atoms with Gasteiger partial charge in [0.2, 0.25) is 5.89 Å². The van der Waals surface area contributed by atoms with E-state index in [1.165, 1.54) is 6.42 Å². The van der Waals surface area contributed by atoms with Crippen LogP contribution in [0.3, 0.4) is 0 Å². The molecule has 0 aromatic carbocycles. The summed E-state index contributed by atoms with van der Waals surface area (Å²) < 4.78 is 5.18. The van der Waals surface area contributed by atoms with Gasteiger partial charge in [-0.3, -0.25) is 0 Å². The molecule has 1 fully saturated rings. The largest absolute Gasteiger partial charge is 0.338 e. The second-order valence-corrected chi connectivity index (χ2v) is 5.18. The smallest absolute Gasteiger partial charge is 0.243 e. The average Bonchev–Trinajstić information content (AvgIpc) is 2.80. The zero-order chi connectivity index (χ0) is 10.8. The molecule has 1 aliphatic rings. The molecule has 2 unspecified atom stereocenters. The number of thioether (sulfide) groups is 1. The summed E-state index contributed by atoms with van der Waals surface area (Å²) in [6, 6.07) is -0.104. The van der Waals surface area contributed by atoms with Crippen molar-refractivity contribution in [2.75, 3.05) is 12.0 Å². The lowest BCUT2D eigenvalue weighted by molar-refractivity contribution is 0.348. The summed E-state index contributed by atoms with van der Waals surface area (Å²) in [5.41, 5.74) is 5.94. The van der Waals surface area contributed by atoms with Gasteiger partial charge in [0.05, 0.1) is 6.04 Å². The molecule has 84 valence electrons. The van der Waals surface area contributed by atoms with Gasteiger partial charge in [-0.15, -0.1) is 0 Å². The van der Waals surface area contributed by atoms with Gasteiger partial charge < -0.3 is 10.3 Å². The maximum atomic E-state index is 5.94. The van der Waals surface area contributed by atoms with E-state index in [-0.39, 0.29) is 6.04 Å². The van der Waals surface area contributed by atoms with Crippen LogP contribution in [-0.2, 0) is 0 Å². The number of hydrogen-bond donors (Lipinski definition) is 1. The normalized spacial score (nSPS) is 26.6. The van der Waals surface area contributed by atoms with Crippen LogP contribution in [0.15, 0.2) is 4.52 Å². The second kappa shape index (κ2) is 4.53. The lowest BCUT2D eigenvalue weighted by atomic mass is 10.2. The number of nitrogens with zero attached hydrogens (tertiary/aromatic N) is 2. The maximum absolute atomic E-state index is 5.94. The Morgan fingerprint density at radius 3 is 3.00 bits per heavy atom. The van der Waals surface area contributed by atoms with Crippen molar-refractivity contribution >= 4 is 11.8 Å². The molecule has 0 spiro atoms. The molecule has 2 rings (SSSR count). The standard InChI is InChI=1S/C10H17N3OS/c1-6-5-7(6)9-12-10(14-13-9)8(11)3-4-15-2/h6-8H,3-5,11H2,1-2H3/t6?,7?,8-/m0/s1. The Balaban J connectivity index is 1.94. The Hall–Kier alpha value is -0.550. The quantitative estimate of drug-likeness (QED) is 0.832. The first-order chi connectivity index (χ1) is 7.22. The first-order valence-electron chi connectivity index (χ1n) is 5.30. The molecule has 5 heteroatoms. The van der Waals surface area contributed by atoms with Crippen LogP contribution in [0, 0.1) is 5.92 Å². The molecule has 0 bridgehead atoms. The van der Waals surface area contributed by atoms with Crippen molar-refractivity contribution in [3.8, 4) is 0 Å². The van der Waals surface area contributed by atoms with Crippen LogP contribution >= 0.6 is 11.8 Å². The van der Waals surface area contributed by atoms with E-state index in [0.717, 1.165) is 18.0 Å². The zero-order valence-electron chi connectivity index (χ0n) is 9.14. The summed E-state index contributed by atoms with van der Waals surface area (Å²) in [6.07, 6.45) is 4.14. The van der Waals surface area contributed by atoms with E-state index in [2.05, 4.69) is 23.3 Å². The molecule has 1 aromatic rings. The van der Waals surface area contributed by atoms with Gasteiger partial charge in [-0.1, -0.05) is 12.1 Å². The highest BCUT2D eigenvalue weighted by molar-refractivity contribution is 7.98. The van der Waals surface area contributed by atoms with Crippen LogP contribution in [0.4, 0.5) is 0 Å². The molecule has 1 aliphatic carbocycles. The SMILES string of the molecule is CSCC[C@H](N)c1nc(C2CC2C)no1. The highest BCUT2D eigenvalue weighted by Crippen LogP contribution is 2.45. The summed E-state index contributed by atoms with van der Waals surface area (Å²) >= 11 is 1.78. The predicted octanol–water partition coefficient (Wildman–Crippen LogP) is 1.95. The second-order valence-electron chi connectivity index (χ2n) is 4.20. The zero-order valence-corrected chi connectivity index (χ0v) is 9.96. The maximum Gasteiger partial charge on any atom is 0.243 e. The van der Waals surface area contributed by atoms with Gasteiger partial charge in [0.25, 0.3) is 0 Å². The third-order valence-corrected chi connectivity index (χ3v) is 3.49. The monoisotopic (exact) mass is 227 g/mol. The summed E-state index contributed by atoms with van der Waals surface area (Å²) in [4.78, 5) is 4.36. The average molecular weight is 227 g/mol. The minimum Gasteiger partial charge on any atom is -0.338 e. The van der Waals surface area contributed by atoms with Gasteiger partial charge >= 0.3 is 0 Å². The van der Waals surface area contributed by atoms with Crippen molar-refractivity contribution in [2.24, 2.45) is 11.7 Å². The van der Waals surface area contributed by atoms with Crippen LogP contribution in [0.5, 0.6) is 0 Å². The molecule has 4 nitrogen and oxygen atoms in total. The van der Waals surface area contributed by atoms with E-state index in [4.69, 9.17) is 10.3 Å². The summed E-state index contributed by atoms with van der Waals surface area (Å²) in [6.45, 7) is 2.20. The Labute approximate surface area is 94.0 Å². The van der Waals surface area contributed by atoms with Crippen LogP contribution in [0.1, 0.15) is 43.4 Å². The van der Waals surface area contributed by atoms with E-state index in [0.29, 0.717) is 17.7 Å². The van der Waals surface area contributed by atoms with Crippen molar-refractivity contribution in [2.45, 2.75) is 31.7 Å². The summed E-state index contributed by atoms with van der Waals surface area (Å²) in [7, 11) is 0. The third-order valence-electron chi connectivity index (χ3n) is 2.85. The molecule has 0 radical (unpaired) electrons. The van der Waals surface area contributed by atoms with E-state index in [9.17, 15) is 0 Å². The Morgan fingerprint density at radius 2 is 2.40 bits per heavy atom. The first-order valence-corrected chi connectivity index (χ1v) is 6.69. The summed E-state index contributed by atoms with van der Waals surface area (Å²) in [5.74, 6) is 3.68. The van der Waals surface area contributed by atoms with Gasteiger partial charge in [0.15, 0.2) is 5.82 Å². The number of aromatic nitrogens is 2. The van der Waals surface area contributed by atoms with Gasteiger partial charge in [-0.25, -0.2) is 0 Å².